The Morgan fingerprint density at radius 1 is 1.29 bits per heavy atom. The van der Waals surface area contributed by atoms with Crippen molar-refractivity contribution in [3.8, 4) is 0 Å². The normalized spacial score (nSPS) is 32.4. The van der Waals surface area contributed by atoms with Crippen molar-refractivity contribution in [1.29, 1.82) is 0 Å². The summed E-state index contributed by atoms with van der Waals surface area (Å²) in [5, 5.41) is 32.6. The summed E-state index contributed by atoms with van der Waals surface area (Å²) in [6.07, 6.45) is 10.7. The second-order valence-corrected chi connectivity index (χ2v) is 7.21. The first-order valence-electron chi connectivity index (χ1n) is 9.60. The number of hydrogen-bond donors (Lipinski definition) is 4. The molecule has 1 aliphatic carbocycles. The van der Waals surface area contributed by atoms with Crippen LogP contribution in [0.3, 0.4) is 0 Å². The summed E-state index contributed by atoms with van der Waals surface area (Å²) in [4.78, 5) is 4.59. The fraction of sp³-hybridized carbons (Fsp3) is 0.842. The molecule has 0 radical (unpaired) electrons. The van der Waals surface area contributed by atoms with E-state index in [2.05, 4.69) is 17.2 Å². The van der Waals surface area contributed by atoms with Gasteiger partial charge in [0.25, 0.3) is 0 Å². The van der Waals surface area contributed by atoms with Gasteiger partial charge >= 0.3 is 0 Å². The van der Waals surface area contributed by atoms with Crippen LogP contribution in [0.5, 0.6) is 0 Å². The van der Waals surface area contributed by atoms with Crippen LogP contribution in [-0.4, -0.2) is 52.6 Å². The Labute approximate surface area is 145 Å². The zero-order valence-corrected chi connectivity index (χ0v) is 14.9. The van der Waals surface area contributed by atoms with E-state index in [-0.39, 0.29) is 18.6 Å². The Morgan fingerprint density at radius 3 is 2.88 bits per heavy atom. The first-order valence-corrected chi connectivity index (χ1v) is 9.60. The van der Waals surface area contributed by atoms with Crippen LogP contribution in [0, 0.1) is 11.8 Å². The molecule has 1 aliphatic heterocycles. The van der Waals surface area contributed by atoms with Crippen molar-refractivity contribution in [3.63, 3.8) is 0 Å². The van der Waals surface area contributed by atoms with Crippen molar-refractivity contribution < 1.29 is 15.3 Å². The van der Waals surface area contributed by atoms with Crippen molar-refractivity contribution in [2.45, 2.75) is 76.5 Å². The molecular formula is C19H34N2O3. The lowest BCUT2D eigenvalue weighted by atomic mass is 9.91. The third-order valence-corrected chi connectivity index (χ3v) is 5.26. The quantitative estimate of drug-likeness (QED) is 0.363. The average molecular weight is 338 g/mol. The number of amidine groups is 1. The van der Waals surface area contributed by atoms with E-state index in [1.54, 1.807) is 0 Å². The van der Waals surface area contributed by atoms with Crippen LogP contribution in [0.2, 0.25) is 0 Å². The summed E-state index contributed by atoms with van der Waals surface area (Å²) in [6, 6.07) is 0.295. The van der Waals surface area contributed by atoms with Gasteiger partial charge in [0.2, 0.25) is 0 Å². The SMILES string of the molecule is CCCCCC(O)C=CC1C(O)CC2NC(=NCCCCO)CC21. The van der Waals surface area contributed by atoms with E-state index in [9.17, 15) is 10.2 Å². The standard InChI is InChI=1S/C19H34N2O3/c1-2-3-4-7-14(23)8-9-15-16-12-19(20-10-5-6-11-22)21-17(16)13-18(15)24/h8-9,14-18,22-24H,2-7,10-13H2,1H3,(H,20,21). The lowest BCUT2D eigenvalue weighted by molar-refractivity contribution is 0.140. The zero-order valence-electron chi connectivity index (χ0n) is 14.9. The first-order chi connectivity index (χ1) is 11.7. The molecule has 1 saturated carbocycles. The number of rotatable bonds is 10. The number of unbranched alkanes of at least 4 members (excludes halogenated alkanes) is 3. The predicted molar refractivity (Wildman–Crippen MR) is 97.1 cm³/mol. The topological polar surface area (TPSA) is 85.1 Å². The van der Waals surface area contributed by atoms with Gasteiger partial charge in [-0.3, -0.25) is 4.99 Å². The van der Waals surface area contributed by atoms with E-state index in [1.807, 2.05) is 12.2 Å². The minimum atomic E-state index is -0.399. The summed E-state index contributed by atoms with van der Waals surface area (Å²) in [6.45, 7) is 3.14. The van der Waals surface area contributed by atoms with Gasteiger partial charge in [0, 0.05) is 31.5 Å². The van der Waals surface area contributed by atoms with E-state index >= 15 is 0 Å². The molecule has 24 heavy (non-hydrogen) atoms. The maximum absolute atomic E-state index is 10.3. The Balaban J connectivity index is 1.83. The highest BCUT2D eigenvalue weighted by atomic mass is 16.3. The van der Waals surface area contributed by atoms with E-state index < -0.39 is 6.10 Å². The second kappa shape index (κ2) is 10.2. The lowest BCUT2D eigenvalue weighted by Crippen LogP contribution is -2.27. The van der Waals surface area contributed by atoms with Crippen LogP contribution in [0.1, 0.15) is 58.3 Å². The number of nitrogens with one attached hydrogen (secondary N) is 1. The summed E-state index contributed by atoms with van der Waals surface area (Å²) in [5.74, 6) is 1.51. The maximum Gasteiger partial charge on any atom is 0.0969 e. The van der Waals surface area contributed by atoms with Gasteiger partial charge < -0.3 is 20.6 Å². The molecule has 5 unspecified atom stereocenters. The fourth-order valence-electron chi connectivity index (χ4n) is 3.86. The van der Waals surface area contributed by atoms with Gasteiger partial charge in [-0.25, -0.2) is 0 Å². The lowest BCUT2D eigenvalue weighted by Gasteiger charge is -2.16. The van der Waals surface area contributed by atoms with Gasteiger partial charge in [-0.15, -0.1) is 0 Å². The van der Waals surface area contributed by atoms with Crippen LogP contribution in [0.4, 0.5) is 0 Å². The third-order valence-electron chi connectivity index (χ3n) is 5.26. The number of aliphatic hydroxyl groups is 3. The summed E-state index contributed by atoms with van der Waals surface area (Å²) in [7, 11) is 0. The molecule has 0 bridgehead atoms. The van der Waals surface area contributed by atoms with Gasteiger partial charge in [0.1, 0.15) is 0 Å². The van der Waals surface area contributed by atoms with Crippen molar-refractivity contribution >= 4 is 5.84 Å². The van der Waals surface area contributed by atoms with Gasteiger partial charge in [0.05, 0.1) is 18.0 Å². The molecule has 5 heteroatoms. The number of hydrogen-bond acceptors (Lipinski definition) is 4. The fourth-order valence-corrected chi connectivity index (χ4v) is 3.86. The Morgan fingerprint density at radius 2 is 2.12 bits per heavy atom. The molecule has 2 rings (SSSR count). The van der Waals surface area contributed by atoms with Crippen LogP contribution in [0.25, 0.3) is 0 Å². The predicted octanol–water partition coefficient (Wildman–Crippen LogP) is 2.01. The largest absolute Gasteiger partial charge is 0.396 e. The van der Waals surface area contributed by atoms with E-state index in [0.29, 0.717) is 12.0 Å². The molecule has 4 N–H and O–H groups in total. The zero-order chi connectivity index (χ0) is 17.4. The molecule has 138 valence electrons. The van der Waals surface area contributed by atoms with E-state index in [0.717, 1.165) is 63.7 Å². The molecule has 0 aromatic heterocycles. The van der Waals surface area contributed by atoms with Gasteiger partial charge in [-0.2, -0.15) is 0 Å². The maximum atomic E-state index is 10.3. The van der Waals surface area contributed by atoms with Gasteiger partial charge in [-0.05, 0) is 31.6 Å². The number of aliphatic hydroxyl groups excluding tert-OH is 3. The molecule has 0 aromatic carbocycles. The van der Waals surface area contributed by atoms with Gasteiger partial charge in [0.15, 0.2) is 0 Å². The minimum absolute atomic E-state index is 0.105. The van der Waals surface area contributed by atoms with Crippen molar-refractivity contribution in [2.75, 3.05) is 13.2 Å². The molecule has 5 atom stereocenters. The molecule has 5 nitrogen and oxygen atoms in total. The molecule has 2 fully saturated rings. The van der Waals surface area contributed by atoms with Crippen LogP contribution in [-0.2, 0) is 0 Å². The Hall–Kier alpha value is -0.910. The first kappa shape index (κ1) is 19.4. The van der Waals surface area contributed by atoms with Crippen molar-refractivity contribution in [3.05, 3.63) is 12.2 Å². The molecule has 1 heterocycles. The monoisotopic (exact) mass is 338 g/mol. The molecule has 0 amide bonds. The Kier molecular flexibility index (Phi) is 8.22. The highest BCUT2D eigenvalue weighted by Crippen LogP contribution is 2.39. The van der Waals surface area contributed by atoms with Crippen molar-refractivity contribution in [1.82, 2.24) is 5.32 Å². The number of nitrogens with zero attached hydrogens (tertiary/aromatic N) is 1. The number of fused-ring (bicyclic) bond motifs is 1. The average Bonchev–Trinajstić information content (AvgIpc) is 3.06. The summed E-state index contributed by atoms with van der Waals surface area (Å²) >= 11 is 0. The highest BCUT2D eigenvalue weighted by molar-refractivity contribution is 5.85. The molecule has 2 aliphatic rings. The second-order valence-electron chi connectivity index (χ2n) is 7.21. The van der Waals surface area contributed by atoms with Gasteiger partial charge in [-0.1, -0.05) is 38.3 Å². The molecule has 0 spiro atoms. The molecular weight excluding hydrogens is 304 g/mol. The summed E-state index contributed by atoms with van der Waals surface area (Å²) in [5.41, 5.74) is 0. The molecule has 0 aromatic rings. The van der Waals surface area contributed by atoms with Crippen LogP contribution >= 0.6 is 0 Å². The van der Waals surface area contributed by atoms with E-state index in [1.165, 1.54) is 0 Å². The summed E-state index contributed by atoms with van der Waals surface area (Å²) < 4.78 is 0. The smallest absolute Gasteiger partial charge is 0.0969 e. The number of aliphatic imine (C=N–C) groups is 1. The van der Waals surface area contributed by atoms with E-state index in [4.69, 9.17) is 5.11 Å². The third kappa shape index (κ3) is 5.57. The molecule has 1 saturated heterocycles. The Bertz CT molecular complexity index is 425. The minimum Gasteiger partial charge on any atom is -0.396 e. The van der Waals surface area contributed by atoms with Crippen LogP contribution < -0.4 is 5.32 Å². The highest BCUT2D eigenvalue weighted by Gasteiger charge is 2.45. The van der Waals surface area contributed by atoms with Crippen LogP contribution in [0.15, 0.2) is 17.1 Å². The van der Waals surface area contributed by atoms with Crippen molar-refractivity contribution in [2.24, 2.45) is 16.8 Å².